The zero-order chi connectivity index (χ0) is 14.4. The highest BCUT2D eigenvalue weighted by Gasteiger charge is 2.41. The average Bonchev–Trinajstić information content (AvgIpc) is 3.09. The third-order valence-electron chi connectivity index (χ3n) is 5.49. The maximum Gasteiger partial charge on any atom is 0.336 e. The second-order valence-electron chi connectivity index (χ2n) is 6.51. The van der Waals surface area contributed by atoms with Crippen LogP contribution in [0.1, 0.15) is 41.6 Å². The van der Waals surface area contributed by atoms with Crippen molar-refractivity contribution < 1.29 is 9.90 Å². The van der Waals surface area contributed by atoms with Crippen molar-refractivity contribution in [3.63, 3.8) is 0 Å². The third kappa shape index (κ3) is 2.04. The van der Waals surface area contributed by atoms with Crippen LogP contribution in [0.4, 0.5) is 5.69 Å². The molecule has 4 heteroatoms. The first kappa shape index (κ1) is 13.1. The first-order valence-corrected chi connectivity index (χ1v) is 8.11. The molecule has 3 aliphatic heterocycles. The molecule has 2 atom stereocenters. The van der Waals surface area contributed by atoms with E-state index in [1.807, 2.05) is 6.07 Å². The van der Waals surface area contributed by atoms with E-state index < -0.39 is 5.97 Å². The Balaban J connectivity index is 1.70. The van der Waals surface area contributed by atoms with E-state index in [-0.39, 0.29) is 0 Å². The van der Waals surface area contributed by atoms with Crippen molar-refractivity contribution >= 4 is 11.7 Å². The summed E-state index contributed by atoms with van der Waals surface area (Å²) in [5.41, 5.74) is 2.73. The second kappa shape index (κ2) is 5.02. The van der Waals surface area contributed by atoms with E-state index in [9.17, 15) is 9.90 Å². The molecule has 0 saturated carbocycles. The van der Waals surface area contributed by atoms with Gasteiger partial charge in [0.25, 0.3) is 0 Å². The lowest BCUT2D eigenvalue weighted by atomic mass is 9.93. The van der Waals surface area contributed by atoms with Crippen molar-refractivity contribution in [2.45, 2.75) is 44.2 Å². The van der Waals surface area contributed by atoms with Gasteiger partial charge in [0, 0.05) is 30.9 Å². The minimum absolute atomic E-state index is 0.499. The number of carbonyl (C=O) groups is 1. The van der Waals surface area contributed by atoms with Crippen LogP contribution >= 0.6 is 0 Å². The molecule has 4 nitrogen and oxygen atoms in total. The summed E-state index contributed by atoms with van der Waals surface area (Å²) < 4.78 is 0. The van der Waals surface area contributed by atoms with E-state index in [1.165, 1.54) is 38.0 Å². The van der Waals surface area contributed by atoms with Gasteiger partial charge in [0.05, 0.1) is 5.56 Å². The zero-order valence-electron chi connectivity index (χ0n) is 12.3. The van der Waals surface area contributed by atoms with E-state index in [0.29, 0.717) is 17.6 Å². The van der Waals surface area contributed by atoms with Crippen LogP contribution in [-0.2, 0) is 6.42 Å². The van der Waals surface area contributed by atoms with E-state index in [0.717, 1.165) is 24.9 Å². The summed E-state index contributed by atoms with van der Waals surface area (Å²) in [6.45, 7) is 3.53. The van der Waals surface area contributed by atoms with Crippen molar-refractivity contribution in [1.82, 2.24) is 4.90 Å². The summed E-state index contributed by atoms with van der Waals surface area (Å²) in [4.78, 5) is 16.6. The van der Waals surface area contributed by atoms with Crippen LogP contribution in [0.25, 0.3) is 0 Å². The number of anilines is 1. The van der Waals surface area contributed by atoms with Crippen molar-refractivity contribution in [3.8, 4) is 0 Å². The molecule has 0 spiro atoms. The highest BCUT2D eigenvalue weighted by atomic mass is 16.4. The number of hydrogen-bond acceptors (Lipinski definition) is 3. The summed E-state index contributed by atoms with van der Waals surface area (Å²) in [6.07, 6.45) is 5.81. The first-order chi connectivity index (χ1) is 10.3. The monoisotopic (exact) mass is 286 g/mol. The van der Waals surface area contributed by atoms with Crippen LogP contribution in [0, 0.1) is 0 Å². The standard InChI is InChI=1S/C17H22N2O2/c20-17(21)13-4-1-6-14-12(13)5-2-10-19(14)16-8-11-18-9-3-7-15(16)18/h1,4,6,15-16H,2-3,5,7-11H2,(H,20,21). The quantitative estimate of drug-likeness (QED) is 0.906. The lowest BCUT2D eigenvalue weighted by Crippen LogP contribution is -2.45. The molecule has 1 aromatic carbocycles. The predicted molar refractivity (Wildman–Crippen MR) is 82.1 cm³/mol. The topological polar surface area (TPSA) is 43.8 Å². The van der Waals surface area contributed by atoms with Crippen molar-refractivity contribution in [1.29, 1.82) is 0 Å². The molecule has 4 rings (SSSR count). The Morgan fingerprint density at radius 1 is 1.10 bits per heavy atom. The third-order valence-corrected chi connectivity index (χ3v) is 5.49. The van der Waals surface area contributed by atoms with Crippen LogP contribution in [0.3, 0.4) is 0 Å². The summed E-state index contributed by atoms with van der Waals surface area (Å²) in [6, 6.07) is 7.04. The molecule has 2 fully saturated rings. The predicted octanol–water partition coefficient (Wildman–Crippen LogP) is 2.37. The fraction of sp³-hybridized carbons (Fsp3) is 0.588. The van der Waals surface area contributed by atoms with E-state index >= 15 is 0 Å². The highest BCUT2D eigenvalue weighted by Crippen LogP contribution is 2.38. The van der Waals surface area contributed by atoms with Gasteiger partial charge in [0.15, 0.2) is 0 Å². The van der Waals surface area contributed by atoms with E-state index in [1.54, 1.807) is 6.07 Å². The average molecular weight is 286 g/mol. The Morgan fingerprint density at radius 2 is 2.00 bits per heavy atom. The number of carboxylic acid groups (broad SMARTS) is 1. The molecule has 1 N–H and O–H groups in total. The molecule has 21 heavy (non-hydrogen) atoms. The summed E-state index contributed by atoms with van der Waals surface area (Å²) >= 11 is 0. The maximum absolute atomic E-state index is 11.5. The zero-order valence-corrected chi connectivity index (χ0v) is 12.3. The fourth-order valence-electron chi connectivity index (χ4n) is 4.62. The van der Waals surface area contributed by atoms with Crippen LogP contribution < -0.4 is 4.90 Å². The SMILES string of the molecule is O=C(O)c1cccc2c1CCCN2C1CCN2CCCC12. The van der Waals surface area contributed by atoms with E-state index in [4.69, 9.17) is 0 Å². The number of rotatable bonds is 2. The van der Waals surface area contributed by atoms with Gasteiger partial charge in [-0.05, 0) is 56.3 Å². The molecule has 3 heterocycles. The molecule has 0 aromatic heterocycles. The van der Waals surface area contributed by atoms with Gasteiger partial charge in [-0.25, -0.2) is 4.79 Å². The number of hydrogen-bond donors (Lipinski definition) is 1. The van der Waals surface area contributed by atoms with E-state index in [2.05, 4.69) is 15.9 Å². The lowest BCUT2D eigenvalue weighted by Gasteiger charge is -2.39. The second-order valence-corrected chi connectivity index (χ2v) is 6.51. The van der Waals surface area contributed by atoms with Gasteiger partial charge in [-0.3, -0.25) is 4.90 Å². The first-order valence-electron chi connectivity index (χ1n) is 8.11. The Morgan fingerprint density at radius 3 is 2.86 bits per heavy atom. The lowest BCUT2D eigenvalue weighted by molar-refractivity contribution is 0.0695. The molecule has 0 radical (unpaired) electrons. The van der Waals surface area contributed by atoms with Crippen LogP contribution in [0.5, 0.6) is 0 Å². The minimum Gasteiger partial charge on any atom is -0.478 e. The molecule has 0 bridgehead atoms. The molecule has 2 saturated heterocycles. The maximum atomic E-state index is 11.5. The normalized spacial score (nSPS) is 28.5. The van der Waals surface area contributed by atoms with Gasteiger partial charge < -0.3 is 10.0 Å². The van der Waals surface area contributed by atoms with Gasteiger partial charge in [-0.1, -0.05) is 6.07 Å². The molecular formula is C17H22N2O2. The Kier molecular flexibility index (Phi) is 3.14. The fourth-order valence-corrected chi connectivity index (χ4v) is 4.62. The summed E-state index contributed by atoms with van der Waals surface area (Å²) in [7, 11) is 0. The Labute approximate surface area is 125 Å². The van der Waals surface area contributed by atoms with Gasteiger partial charge in [-0.2, -0.15) is 0 Å². The molecule has 2 unspecified atom stereocenters. The van der Waals surface area contributed by atoms with Gasteiger partial charge in [0.1, 0.15) is 0 Å². The summed E-state index contributed by atoms with van der Waals surface area (Å²) in [5.74, 6) is -0.789. The number of fused-ring (bicyclic) bond motifs is 2. The highest BCUT2D eigenvalue weighted by molar-refractivity contribution is 5.91. The number of aromatic carboxylic acids is 1. The van der Waals surface area contributed by atoms with Crippen molar-refractivity contribution in [2.75, 3.05) is 24.5 Å². The minimum atomic E-state index is -0.789. The Bertz CT molecular complexity index is 572. The molecule has 0 aliphatic carbocycles. The smallest absolute Gasteiger partial charge is 0.336 e. The number of benzene rings is 1. The summed E-state index contributed by atoms with van der Waals surface area (Å²) in [5, 5.41) is 9.42. The van der Waals surface area contributed by atoms with Crippen molar-refractivity contribution in [2.24, 2.45) is 0 Å². The molecule has 112 valence electrons. The molecule has 0 amide bonds. The van der Waals surface area contributed by atoms with Crippen LogP contribution in [0.2, 0.25) is 0 Å². The van der Waals surface area contributed by atoms with Crippen LogP contribution in [-0.4, -0.2) is 47.7 Å². The van der Waals surface area contributed by atoms with Gasteiger partial charge in [0.2, 0.25) is 0 Å². The van der Waals surface area contributed by atoms with Gasteiger partial charge in [-0.15, -0.1) is 0 Å². The largest absolute Gasteiger partial charge is 0.478 e. The van der Waals surface area contributed by atoms with Gasteiger partial charge >= 0.3 is 5.97 Å². The molecular weight excluding hydrogens is 264 g/mol. The van der Waals surface area contributed by atoms with Crippen LogP contribution in [0.15, 0.2) is 18.2 Å². The van der Waals surface area contributed by atoms with Crippen molar-refractivity contribution in [3.05, 3.63) is 29.3 Å². The molecule has 3 aliphatic rings. The molecule has 1 aromatic rings. The Hall–Kier alpha value is -1.55. The number of nitrogens with zero attached hydrogens (tertiary/aromatic N) is 2. The number of carboxylic acids is 1.